The number of carbonyl (C=O) groups excluding carboxylic acids is 2. The molecule has 4 rings (SSSR count). The van der Waals surface area contributed by atoms with Gasteiger partial charge in [0.2, 0.25) is 0 Å². The first-order valence-electron chi connectivity index (χ1n) is 11.9. The predicted molar refractivity (Wildman–Crippen MR) is 140 cm³/mol. The fraction of sp³-hybridized carbons (Fsp3) is 0.259. The van der Waals surface area contributed by atoms with Crippen LogP contribution in [0.4, 0.5) is 17.1 Å². The number of para-hydroxylation sites is 1. The first-order valence-corrected chi connectivity index (χ1v) is 13.3. The number of rotatable bonds is 13. The minimum absolute atomic E-state index is 0.0115. The number of carbonyl (C=O) groups is 2. The van der Waals surface area contributed by atoms with Crippen LogP contribution in [0.2, 0.25) is 0 Å². The molecule has 0 amide bonds. The molecule has 0 heterocycles. The van der Waals surface area contributed by atoms with Gasteiger partial charge in [-0.25, -0.2) is 0 Å². The Morgan fingerprint density at radius 3 is 2.08 bits per heavy atom. The number of phosphoric ester groups is 1. The van der Waals surface area contributed by atoms with Gasteiger partial charge < -0.3 is 34.0 Å². The van der Waals surface area contributed by atoms with Gasteiger partial charge in [-0.3, -0.25) is 14.2 Å². The summed E-state index contributed by atoms with van der Waals surface area (Å²) in [4.78, 5) is 38.7. The SMILES string of the molecule is COCC(COCCNc1ccc(Nc2ccccc2)c2c1C(=O)c1ccccc1C2=O)OP(=O)([O-])OC. The highest BCUT2D eigenvalue weighted by atomic mass is 31.2. The van der Waals surface area contributed by atoms with Gasteiger partial charge in [-0.15, -0.1) is 0 Å². The third kappa shape index (κ3) is 6.36. The summed E-state index contributed by atoms with van der Waals surface area (Å²) in [5, 5.41) is 6.43. The highest BCUT2D eigenvalue weighted by Crippen LogP contribution is 2.39. The number of ketones is 2. The second-order valence-corrected chi connectivity index (χ2v) is 9.89. The molecule has 0 bridgehead atoms. The first kappa shape index (κ1) is 27.7. The molecule has 3 aromatic rings. The van der Waals surface area contributed by atoms with Crippen molar-refractivity contribution in [3.05, 3.63) is 89.0 Å². The van der Waals surface area contributed by atoms with Crippen molar-refractivity contribution in [2.45, 2.75) is 6.10 Å². The maximum atomic E-state index is 13.5. The molecule has 1 aliphatic rings. The Balaban J connectivity index is 1.51. The monoisotopic (exact) mass is 539 g/mol. The number of nitrogens with one attached hydrogen (secondary N) is 2. The summed E-state index contributed by atoms with van der Waals surface area (Å²) in [5.74, 6) is -0.497. The first-order chi connectivity index (χ1) is 18.3. The smallest absolute Gasteiger partial charge is 0.268 e. The number of ether oxygens (including phenoxy) is 2. The minimum atomic E-state index is -4.45. The average Bonchev–Trinajstić information content (AvgIpc) is 2.92. The van der Waals surface area contributed by atoms with Crippen LogP contribution in [-0.4, -0.2) is 58.3 Å². The zero-order chi connectivity index (χ0) is 27.1. The van der Waals surface area contributed by atoms with Gasteiger partial charge >= 0.3 is 0 Å². The molecule has 10 nitrogen and oxygen atoms in total. The predicted octanol–water partition coefficient (Wildman–Crippen LogP) is 3.78. The van der Waals surface area contributed by atoms with Crippen molar-refractivity contribution < 1.29 is 37.6 Å². The van der Waals surface area contributed by atoms with E-state index in [9.17, 15) is 19.0 Å². The molecule has 0 saturated carbocycles. The number of methoxy groups -OCH3 is 1. The fourth-order valence-electron chi connectivity index (χ4n) is 4.14. The van der Waals surface area contributed by atoms with E-state index in [2.05, 4.69) is 15.2 Å². The molecule has 0 saturated heterocycles. The van der Waals surface area contributed by atoms with Crippen molar-refractivity contribution in [2.24, 2.45) is 0 Å². The molecule has 38 heavy (non-hydrogen) atoms. The van der Waals surface area contributed by atoms with Crippen LogP contribution in [0, 0.1) is 0 Å². The van der Waals surface area contributed by atoms with Gasteiger partial charge in [0.25, 0.3) is 7.82 Å². The lowest BCUT2D eigenvalue weighted by Crippen LogP contribution is -2.28. The molecule has 200 valence electrons. The van der Waals surface area contributed by atoms with E-state index < -0.39 is 13.9 Å². The Hall–Kier alpha value is -3.37. The van der Waals surface area contributed by atoms with Gasteiger partial charge in [0.05, 0.1) is 36.6 Å². The summed E-state index contributed by atoms with van der Waals surface area (Å²) in [6.07, 6.45) is -0.880. The van der Waals surface area contributed by atoms with Gasteiger partial charge in [0.15, 0.2) is 11.6 Å². The Morgan fingerprint density at radius 2 is 1.45 bits per heavy atom. The van der Waals surface area contributed by atoms with Crippen molar-refractivity contribution >= 4 is 36.5 Å². The van der Waals surface area contributed by atoms with E-state index in [-0.39, 0.29) is 43.5 Å². The van der Waals surface area contributed by atoms with Crippen LogP contribution in [0.1, 0.15) is 31.8 Å². The van der Waals surface area contributed by atoms with Gasteiger partial charge in [-0.1, -0.05) is 42.5 Å². The Morgan fingerprint density at radius 1 is 0.842 bits per heavy atom. The van der Waals surface area contributed by atoms with E-state index >= 15 is 0 Å². The molecule has 0 spiro atoms. The van der Waals surface area contributed by atoms with Crippen molar-refractivity contribution in [2.75, 3.05) is 51.2 Å². The van der Waals surface area contributed by atoms with Crippen molar-refractivity contribution in [3.63, 3.8) is 0 Å². The largest absolute Gasteiger partial charge is 0.756 e. The van der Waals surface area contributed by atoms with E-state index in [4.69, 9.17) is 14.0 Å². The maximum Gasteiger partial charge on any atom is 0.268 e. The summed E-state index contributed by atoms with van der Waals surface area (Å²) in [5.41, 5.74) is 3.08. The van der Waals surface area contributed by atoms with Crippen molar-refractivity contribution in [3.8, 4) is 0 Å². The van der Waals surface area contributed by atoms with Crippen LogP contribution in [0.25, 0.3) is 0 Å². The van der Waals surface area contributed by atoms with Crippen molar-refractivity contribution in [1.82, 2.24) is 0 Å². The lowest BCUT2D eigenvalue weighted by atomic mass is 9.82. The Labute approximate surface area is 220 Å². The van der Waals surface area contributed by atoms with E-state index in [1.54, 1.807) is 36.4 Å². The van der Waals surface area contributed by atoms with Gasteiger partial charge in [-0.05, 0) is 24.3 Å². The van der Waals surface area contributed by atoms with Crippen LogP contribution < -0.4 is 15.5 Å². The van der Waals surface area contributed by atoms with Crippen LogP contribution >= 0.6 is 7.82 Å². The molecule has 11 heteroatoms. The maximum absolute atomic E-state index is 13.5. The fourth-order valence-corrected chi connectivity index (χ4v) is 4.72. The highest BCUT2D eigenvalue weighted by molar-refractivity contribution is 7.45. The number of anilines is 3. The van der Waals surface area contributed by atoms with E-state index in [0.717, 1.165) is 12.8 Å². The molecule has 3 aromatic carbocycles. The van der Waals surface area contributed by atoms with Gasteiger partial charge in [0.1, 0.15) is 6.10 Å². The number of fused-ring (bicyclic) bond motifs is 2. The second kappa shape index (κ2) is 12.4. The summed E-state index contributed by atoms with van der Waals surface area (Å²) >= 11 is 0. The zero-order valence-electron chi connectivity index (χ0n) is 21.0. The topological polar surface area (TPSA) is 135 Å². The summed E-state index contributed by atoms with van der Waals surface area (Å²) in [6.45, 7) is 0.369. The zero-order valence-corrected chi connectivity index (χ0v) is 21.9. The molecule has 0 aromatic heterocycles. The quantitative estimate of drug-likeness (QED) is 0.191. The van der Waals surface area contributed by atoms with E-state index in [1.807, 2.05) is 30.3 Å². The molecular weight excluding hydrogens is 511 g/mol. The highest BCUT2D eigenvalue weighted by Gasteiger charge is 2.33. The second-order valence-electron chi connectivity index (χ2n) is 8.42. The third-order valence-electron chi connectivity index (χ3n) is 5.85. The van der Waals surface area contributed by atoms with Crippen LogP contribution in [-0.2, 0) is 23.1 Å². The Bertz CT molecular complexity index is 1350. The van der Waals surface area contributed by atoms with Crippen molar-refractivity contribution in [1.29, 1.82) is 0 Å². The lowest BCUT2D eigenvalue weighted by Gasteiger charge is -2.26. The number of hydrogen-bond donors (Lipinski definition) is 2. The standard InChI is InChI=1S/C27H29N2O8P/c1-34-16-19(37-38(32,33)35-2)17-36-15-14-28-22-12-13-23(29-18-8-4-3-5-9-18)25-24(22)26(30)20-10-6-7-11-21(20)27(25)31/h3-13,19,28-29H,14-17H2,1-2H3,(H,32,33)/p-1. The molecule has 2 N–H and O–H groups in total. The normalized spacial score (nSPS) is 14.8. The lowest BCUT2D eigenvalue weighted by molar-refractivity contribution is -0.230. The molecule has 0 radical (unpaired) electrons. The molecule has 0 aliphatic heterocycles. The summed E-state index contributed by atoms with van der Waals surface area (Å²) < 4.78 is 31.4. The molecule has 2 unspecified atom stereocenters. The number of phosphoric acid groups is 1. The van der Waals surface area contributed by atoms with Gasteiger partial charge in [-0.2, -0.15) is 0 Å². The average molecular weight is 540 g/mol. The number of benzene rings is 3. The summed E-state index contributed by atoms with van der Waals surface area (Å²) in [7, 11) is -2.03. The molecular formula is C27H28N2O8P-. The van der Waals surface area contributed by atoms with E-state index in [0.29, 0.717) is 28.1 Å². The minimum Gasteiger partial charge on any atom is -0.756 e. The van der Waals surface area contributed by atoms with Crippen LogP contribution in [0.15, 0.2) is 66.7 Å². The summed E-state index contributed by atoms with van der Waals surface area (Å²) in [6, 6.07) is 19.6. The van der Waals surface area contributed by atoms with Crippen LogP contribution in [0.5, 0.6) is 0 Å². The Kier molecular flexibility index (Phi) is 9.06. The molecule has 0 fully saturated rings. The van der Waals surface area contributed by atoms with E-state index in [1.165, 1.54) is 7.11 Å². The number of hydrogen-bond acceptors (Lipinski definition) is 10. The third-order valence-corrected chi connectivity index (χ3v) is 6.85. The van der Waals surface area contributed by atoms with Gasteiger partial charge in [0, 0.05) is 43.3 Å². The molecule has 2 atom stereocenters. The van der Waals surface area contributed by atoms with Crippen LogP contribution in [0.3, 0.4) is 0 Å². The molecule has 1 aliphatic carbocycles.